The SMILES string of the molecule is CCCCCCCCCCCCCCCOCC(=O)OC1=CCc2ccccc21.Cl. The molecule has 0 amide bonds. The van der Waals surface area contributed by atoms with Crippen molar-refractivity contribution in [2.45, 2.75) is 96.8 Å². The zero-order valence-corrected chi connectivity index (χ0v) is 19.6. The molecule has 0 fully saturated rings. The first-order valence-electron chi connectivity index (χ1n) is 11.9. The van der Waals surface area contributed by atoms with Crippen LogP contribution in [0.4, 0.5) is 0 Å². The van der Waals surface area contributed by atoms with E-state index in [-0.39, 0.29) is 25.0 Å². The number of carbonyl (C=O) groups is 1. The van der Waals surface area contributed by atoms with Crippen molar-refractivity contribution in [3.05, 3.63) is 41.5 Å². The van der Waals surface area contributed by atoms with Crippen molar-refractivity contribution < 1.29 is 14.3 Å². The van der Waals surface area contributed by atoms with Gasteiger partial charge < -0.3 is 9.47 Å². The molecule has 3 nitrogen and oxygen atoms in total. The fraction of sp³-hybridized carbons (Fsp3) is 0.654. The number of ether oxygens (including phenoxy) is 2. The Hall–Kier alpha value is -1.32. The van der Waals surface area contributed by atoms with Crippen LogP contribution in [0.3, 0.4) is 0 Å². The lowest BCUT2D eigenvalue weighted by Crippen LogP contribution is -2.12. The van der Waals surface area contributed by atoms with E-state index in [0.29, 0.717) is 12.4 Å². The van der Waals surface area contributed by atoms with Crippen LogP contribution in [-0.4, -0.2) is 19.2 Å². The highest BCUT2D eigenvalue weighted by molar-refractivity contribution is 5.85. The van der Waals surface area contributed by atoms with E-state index in [1.165, 1.54) is 82.6 Å². The first-order valence-corrected chi connectivity index (χ1v) is 11.9. The zero-order chi connectivity index (χ0) is 20.6. The maximum Gasteiger partial charge on any atom is 0.337 e. The van der Waals surface area contributed by atoms with Crippen molar-refractivity contribution in [1.82, 2.24) is 0 Å². The molecule has 30 heavy (non-hydrogen) atoms. The molecule has 0 N–H and O–H groups in total. The lowest BCUT2D eigenvalue weighted by atomic mass is 10.0. The van der Waals surface area contributed by atoms with Crippen molar-refractivity contribution in [2.75, 3.05) is 13.2 Å². The van der Waals surface area contributed by atoms with Gasteiger partial charge in [-0.15, -0.1) is 12.4 Å². The third kappa shape index (κ3) is 11.2. The fourth-order valence-corrected chi connectivity index (χ4v) is 3.88. The Kier molecular flexibility index (Phi) is 15.5. The van der Waals surface area contributed by atoms with Crippen LogP contribution in [0.5, 0.6) is 0 Å². The largest absolute Gasteiger partial charge is 0.425 e. The summed E-state index contributed by atoms with van der Waals surface area (Å²) >= 11 is 0. The number of unbranched alkanes of at least 4 members (excludes halogenated alkanes) is 12. The van der Waals surface area contributed by atoms with Gasteiger partial charge in [0.2, 0.25) is 0 Å². The summed E-state index contributed by atoms with van der Waals surface area (Å²) in [6.07, 6.45) is 20.2. The Morgan fingerprint density at radius 1 is 0.833 bits per heavy atom. The Labute approximate surface area is 190 Å². The Morgan fingerprint density at radius 3 is 2.03 bits per heavy atom. The second-order valence-corrected chi connectivity index (χ2v) is 8.20. The van der Waals surface area contributed by atoms with Crippen LogP contribution in [0.2, 0.25) is 0 Å². The summed E-state index contributed by atoms with van der Waals surface area (Å²) in [6, 6.07) is 8.04. The first kappa shape index (κ1) is 26.7. The van der Waals surface area contributed by atoms with E-state index in [2.05, 4.69) is 13.0 Å². The summed E-state index contributed by atoms with van der Waals surface area (Å²) in [5.41, 5.74) is 2.24. The highest BCUT2D eigenvalue weighted by Crippen LogP contribution is 2.27. The van der Waals surface area contributed by atoms with Crippen LogP contribution in [-0.2, 0) is 20.7 Å². The fourth-order valence-electron chi connectivity index (χ4n) is 3.88. The number of benzene rings is 1. The van der Waals surface area contributed by atoms with Gasteiger partial charge in [0.1, 0.15) is 12.4 Å². The van der Waals surface area contributed by atoms with Gasteiger partial charge >= 0.3 is 5.97 Å². The predicted octanol–water partition coefficient (Wildman–Crippen LogP) is 7.66. The molecule has 0 aromatic heterocycles. The molecule has 0 saturated carbocycles. The minimum atomic E-state index is -0.303. The van der Waals surface area contributed by atoms with Crippen molar-refractivity contribution >= 4 is 24.1 Å². The molecule has 2 rings (SSSR count). The molecule has 0 unspecified atom stereocenters. The van der Waals surface area contributed by atoms with Gasteiger partial charge in [0, 0.05) is 12.2 Å². The molecule has 1 aromatic carbocycles. The quantitative estimate of drug-likeness (QED) is 0.186. The van der Waals surface area contributed by atoms with Gasteiger partial charge in [-0.25, -0.2) is 4.79 Å². The smallest absolute Gasteiger partial charge is 0.337 e. The van der Waals surface area contributed by atoms with Crippen LogP contribution >= 0.6 is 12.4 Å². The van der Waals surface area contributed by atoms with Crippen molar-refractivity contribution in [1.29, 1.82) is 0 Å². The lowest BCUT2D eigenvalue weighted by Gasteiger charge is -2.08. The lowest BCUT2D eigenvalue weighted by molar-refractivity contribution is -0.141. The normalized spacial score (nSPS) is 12.2. The number of hydrogen-bond acceptors (Lipinski definition) is 3. The molecule has 1 aromatic rings. The molecule has 4 heteroatoms. The van der Waals surface area contributed by atoms with E-state index >= 15 is 0 Å². The molecule has 1 aliphatic rings. The van der Waals surface area contributed by atoms with Gasteiger partial charge in [-0.3, -0.25) is 0 Å². The molecule has 170 valence electrons. The molecule has 0 bridgehead atoms. The highest BCUT2D eigenvalue weighted by Gasteiger charge is 2.17. The van der Waals surface area contributed by atoms with Crippen LogP contribution in [0, 0.1) is 0 Å². The Bertz CT molecular complexity index is 612. The summed E-state index contributed by atoms with van der Waals surface area (Å²) in [4.78, 5) is 12.0. The van der Waals surface area contributed by atoms with E-state index in [9.17, 15) is 4.79 Å². The monoisotopic (exact) mass is 436 g/mol. The molecule has 0 radical (unpaired) electrons. The molecule has 0 spiro atoms. The topological polar surface area (TPSA) is 35.5 Å². The minimum Gasteiger partial charge on any atom is -0.425 e. The average Bonchev–Trinajstić information content (AvgIpc) is 3.14. The summed E-state index contributed by atoms with van der Waals surface area (Å²) < 4.78 is 10.9. The summed E-state index contributed by atoms with van der Waals surface area (Å²) in [7, 11) is 0. The van der Waals surface area contributed by atoms with Crippen LogP contribution < -0.4 is 0 Å². The van der Waals surface area contributed by atoms with Gasteiger partial charge in [0.05, 0.1) is 0 Å². The predicted molar refractivity (Wildman–Crippen MR) is 128 cm³/mol. The van der Waals surface area contributed by atoms with E-state index in [0.717, 1.165) is 18.4 Å². The molecular formula is C26H41ClO3. The second kappa shape index (κ2) is 17.4. The van der Waals surface area contributed by atoms with E-state index < -0.39 is 0 Å². The number of hydrogen-bond donors (Lipinski definition) is 0. The molecule has 0 saturated heterocycles. The second-order valence-electron chi connectivity index (χ2n) is 8.20. The third-order valence-corrected chi connectivity index (χ3v) is 5.63. The first-order chi connectivity index (χ1) is 14.3. The Morgan fingerprint density at radius 2 is 1.40 bits per heavy atom. The molecule has 0 atom stereocenters. The summed E-state index contributed by atoms with van der Waals surface area (Å²) in [5, 5.41) is 0. The molecular weight excluding hydrogens is 396 g/mol. The summed E-state index contributed by atoms with van der Waals surface area (Å²) in [6.45, 7) is 2.95. The molecule has 1 aliphatic carbocycles. The minimum absolute atomic E-state index is 0. The maximum absolute atomic E-state index is 12.0. The number of carbonyl (C=O) groups excluding carboxylic acids is 1. The number of fused-ring (bicyclic) bond motifs is 1. The average molecular weight is 437 g/mol. The van der Waals surface area contributed by atoms with Gasteiger partial charge in [-0.05, 0) is 24.5 Å². The van der Waals surface area contributed by atoms with E-state index in [4.69, 9.17) is 9.47 Å². The van der Waals surface area contributed by atoms with Crippen LogP contribution in [0.25, 0.3) is 5.76 Å². The number of rotatable bonds is 17. The number of esters is 1. The van der Waals surface area contributed by atoms with Gasteiger partial charge in [0.15, 0.2) is 0 Å². The summed E-state index contributed by atoms with van der Waals surface area (Å²) in [5.74, 6) is 0.373. The van der Waals surface area contributed by atoms with E-state index in [1.54, 1.807) is 0 Å². The van der Waals surface area contributed by atoms with Crippen molar-refractivity contribution in [3.63, 3.8) is 0 Å². The standard InChI is InChI=1S/C26H40O3.ClH/c1-2-3-4-5-6-7-8-9-10-11-12-13-16-21-28-22-26(27)29-25-20-19-23-17-14-15-18-24(23)25;/h14-15,17-18,20H,2-13,16,19,21-22H2,1H3;1H. The third-order valence-electron chi connectivity index (χ3n) is 5.63. The van der Waals surface area contributed by atoms with Gasteiger partial charge in [-0.2, -0.15) is 0 Å². The zero-order valence-electron chi connectivity index (χ0n) is 18.8. The van der Waals surface area contributed by atoms with E-state index in [1.807, 2.05) is 24.3 Å². The highest BCUT2D eigenvalue weighted by atomic mass is 35.5. The van der Waals surface area contributed by atoms with Crippen molar-refractivity contribution in [2.24, 2.45) is 0 Å². The molecule has 0 heterocycles. The maximum atomic E-state index is 12.0. The van der Waals surface area contributed by atoms with Crippen molar-refractivity contribution in [3.8, 4) is 0 Å². The number of allylic oxidation sites excluding steroid dienone is 1. The van der Waals surface area contributed by atoms with Crippen LogP contribution in [0.15, 0.2) is 30.3 Å². The van der Waals surface area contributed by atoms with Gasteiger partial charge in [-0.1, -0.05) is 108 Å². The Balaban J connectivity index is 0.00000450. The molecule has 0 aliphatic heterocycles. The van der Waals surface area contributed by atoms with Gasteiger partial charge in [0.25, 0.3) is 0 Å². The number of halogens is 1. The van der Waals surface area contributed by atoms with Crippen LogP contribution in [0.1, 0.15) is 102 Å².